The molecule has 1 aliphatic carbocycles. The van der Waals surface area contributed by atoms with Gasteiger partial charge in [0.05, 0.1) is 0 Å². The molecule has 1 aromatic carbocycles. The van der Waals surface area contributed by atoms with E-state index < -0.39 is 0 Å². The third-order valence-electron chi connectivity index (χ3n) is 5.27. The summed E-state index contributed by atoms with van der Waals surface area (Å²) in [5, 5.41) is 7.23. The number of allylic oxidation sites excluding steroid dienone is 6. The Labute approximate surface area is 137 Å². The Hall–Kier alpha value is -1.87. The predicted octanol–water partition coefficient (Wildman–Crippen LogP) is 4.53. The maximum Gasteiger partial charge on any atom is 0.119 e. The molecule has 2 atom stereocenters. The molecule has 4 rings (SSSR count). The minimum absolute atomic E-state index is 0.129. The van der Waals surface area contributed by atoms with E-state index in [0.717, 1.165) is 31.5 Å². The van der Waals surface area contributed by atoms with Gasteiger partial charge in [0.25, 0.3) is 0 Å². The summed E-state index contributed by atoms with van der Waals surface area (Å²) in [7, 11) is 0. The minimum atomic E-state index is -0.129. The highest BCUT2D eigenvalue weighted by Crippen LogP contribution is 2.45. The zero-order chi connectivity index (χ0) is 15.8. The van der Waals surface area contributed by atoms with Crippen molar-refractivity contribution in [3.63, 3.8) is 0 Å². The summed E-state index contributed by atoms with van der Waals surface area (Å²) in [6.45, 7) is 4.16. The van der Waals surface area contributed by atoms with Gasteiger partial charge in [0, 0.05) is 17.6 Å². The van der Waals surface area contributed by atoms with Crippen LogP contribution in [0.2, 0.25) is 0 Å². The van der Waals surface area contributed by atoms with Crippen molar-refractivity contribution >= 4 is 11.3 Å². The second kappa shape index (κ2) is 5.97. The second-order valence-electron chi connectivity index (χ2n) is 6.72. The van der Waals surface area contributed by atoms with Crippen LogP contribution in [0.4, 0.5) is 10.1 Å². The molecule has 2 nitrogen and oxygen atoms in total. The lowest BCUT2D eigenvalue weighted by Gasteiger charge is -2.19. The average molecular weight is 310 g/mol. The van der Waals surface area contributed by atoms with Crippen molar-refractivity contribution in [2.24, 2.45) is 0 Å². The normalized spacial score (nSPS) is 26.8. The Bertz CT molecular complexity index is 714. The molecule has 0 bridgehead atoms. The highest BCUT2D eigenvalue weighted by Gasteiger charge is 2.35. The van der Waals surface area contributed by atoms with Gasteiger partial charge in [0.1, 0.15) is 5.83 Å². The number of hydrogen-bond donors (Lipinski definition) is 2. The molecule has 1 fully saturated rings. The first-order valence-corrected chi connectivity index (χ1v) is 8.59. The van der Waals surface area contributed by atoms with Gasteiger partial charge in [0.15, 0.2) is 0 Å². The first-order chi connectivity index (χ1) is 11.2. The van der Waals surface area contributed by atoms with Crippen LogP contribution >= 0.6 is 0 Å². The zero-order valence-electron chi connectivity index (χ0n) is 13.5. The molecule has 2 heterocycles. The number of benzene rings is 1. The molecule has 2 N–H and O–H groups in total. The van der Waals surface area contributed by atoms with Crippen LogP contribution in [-0.4, -0.2) is 19.1 Å². The van der Waals surface area contributed by atoms with E-state index in [9.17, 15) is 4.39 Å². The molecule has 120 valence electrons. The van der Waals surface area contributed by atoms with E-state index in [1.165, 1.54) is 22.4 Å². The van der Waals surface area contributed by atoms with E-state index >= 15 is 0 Å². The predicted molar refractivity (Wildman–Crippen MR) is 94.2 cm³/mol. The second-order valence-corrected chi connectivity index (χ2v) is 6.72. The topological polar surface area (TPSA) is 24.1 Å². The zero-order valence-corrected chi connectivity index (χ0v) is 13.5. The van der Waals surface area contributed by atoms with E-state index in [1.807, 2.05) is 6.92 Å². The summed E-state index contributed by atoms with van der Waals surface area (Å²) >= 11 is 0. The lowest BCUT2D eigenvalue weighted by Crippen LogP contribution is -2.21. The molecule has 2 unspecified atom stereocenters. The van der Waals surface area contributed by atoms with E-state index in [1.54, 1.807) is 12.2 Å². The Morgan fingerprint density at radius 1 is 1.13 bits per heavy atom. The van der Waals surface area contributed by atoms with Gasteiger partial charge in [-0.15, -0.1) is 0 Å². The van der Waals surface area contributed by atoms with Gasteiger partial charge in [0.2, 0.25) is 0 Å². The van der Waals surface area contributed by atoms with E-state index in [2.05, 4.69) is 34.9 Å². The van der Waals surface area contributed by atoms with Crippen molar-refractivity contribution < 1.29 is 4.39 Å². The highest BCUT2D eigenvalue weighted by molar-refractivity contribution is 5.85. The molecule has 0 aromatic heterocycles. The quantitative estimate of drug-likeness (QED) is 0.796. The van der Waals surface area contributed by atoms with Crippen molar-refractivity contribution in [3.05, 3.63) is 59.0 Å². The molecule has 3 aliphatic rings. The van der Waals surface area contributed by atoms with Crippen molar-refractivity contribution in [3.8, 4) is 0 Å². The van der Waals surface area contributed by atoms with Crippen LogP contribution in [0.5, 0.6) is 0 Å². The van der Waals surface area contributed by atoms with Gasteiger partial charge < -0.3 is 10.6 Å². The molecule has 0 amide bonds. The van der Waals surface area contributed by atoms with Crippen LogP contribution in [0.3, 0.4) is 0 Å². The Morgan fingerprint density at radius 2 is 2.00 bits per heavy atom. The Morgan fingerprint density at radius 3 is 2.91 bits per heavy atom. The van der Waals surface area contributed by atoms with Gasteiger partial charge in [-0.3, -0.25) is 0 Å². The van der Waals surface area contributed by atoms with Crippen molar-refractivity contribution in [2.75, 3.05) is 18.4 Å². The minimum Gasteiger partial charge on any atom is -0.381 e. The van der Waals surface area contributed by atoms with Crippen LogP contribution in [0.15, 0.2) is 47.8 Å². The highest BCUT2D eigenvalue weighted by atomic mass is 19.1. The number of fused-ring (bicyclic) bond motifs is 3. The third kappa shape index (κ3) is 2.63. The SMILES string of the molecule is CC1=CC(F)=CCC=C1c1cccc2c1C1CCNCCC1N2. The molecule has 1 saturated heterocycles. The Kier molecular flexibility index (Phi) is 3.82. The fourth-order valence-corrected chi connectivity index (χ4v) is 4.20. The molecule has 0 saturated carbocycles. The van der Waals surface area contributed by atoms with Crippen LogP contribution in [0.25, 0.3) is 5.57 Å². The number of halogens is 1. The lowest BCUT2D eigenvalue weighted by molar-refractivity contribution is 0.578. The summed E-state index contributed by atoms with van der Waals surface area (Å²) in [5.74, 6) is 0.418. The summed E-state index contributed by atoms with van der Waals surface area (Å²) in [4.78, 5) is 0. The molecule has 23 heavy (non-hydrogen) atoms. The number of hydrogen-bond acceptors (Lipinski definition) is 2. The molecule has 2 aliphatic heterocycles. The van der Waals surface area contributed by atoms with E-state index in [4.69, 9.17) is 0 Å². The molecular formula is C20H23FN2. The molecular weight excluding hydrogens is 287 g/mol. The Balaban J connectivity index is 1.79. The monoisotopic (exact) mass is 310 g/mol. The van der Waals surface area contributed by atoms with Gasteiger partial charge in [-0.25, -0.2) is 4.39 Å². The standard InChI is InChI=1S/C20H23FN2/c1-13-12-14(21)4-2-5-15(13)16-6-3-7-19-20(16)17-8-10-22-11-9-18(17)23-19/h3-7,12,17-18,22-23H,2,8-11H2,1H3. The number of rotatable bonds is 1. The summed E-state index contributed by atoms with van der Waals surface area (Å²) < 4.78 is 13.7. The smallest absolute Gasteiger partial charge is 0.119 e. The van der Waals surface area contributed by atoms with Crippen molar-refractivity contribution in [2.45, 2.75) is 38.1 Å². The van der Waals surface area contributed by atoms with Gasteiger partial charge in [-0.2, -0.15) is 0 Å². The summed E-state index contributed by atoms with van der Waals surface area (Å²) in [6, 6.07) is 7.03. The van der Waals surface area contributed by atoms with Crippen LogP contribution in [0, 0.1) is 0 Å². The van der Waals surface area contributed by atoms with E-state index in [0.29, 0.717) is 18.4 Å². The van der Waals surface area contributed by atoms with Crippen molar-refractivity contribution in [1.82, 2.24) is 5.32 Å². The maximum atomic E-state index is 13.7. The summed E-state index contributed by atoms with van der Waals surface area (Å²) in [6.07, 6.45) is 8.44. The van der Waals surface area contributed by atoms with Crippen LogP contribution in [0.1, 0.15) is 43.2 Å². The maximum absolute atomic E-state index is 13.7. The summed E-state index contributed by atoms with van der Waals surface area (Å²) in [5.41, 5.74) is 6.18. The number of anilines is 1. The van der Waals surface area contributed by atoms with Gasteiger partial charge >= 0.3 is 0 Å². The largest absolute Gasteiger partial charge is 0.381 e. The van der Waals surface area contributed by atoms with Crippen LogP contribution in [-0.2, 0) is 0 Å². The van der Waals surface area contributed by atoms with Crippen molar-refractivity contribution in [1.29, 1.82) is 0 Å². The molecule has 1 aromatic rings. The third-order valence-corrected chi connectivity index (χ3v) is 5.27. The fraction of sp³-hybridized carbons (Fsp3) is 0.400. The fourth-order valence-electron chi connectivity index (χ4n) is 4.20. The van der Waals surface area contributed by atoms with Gasteiger partial charge in [-0.1, -0.05) is 18.2 Å². The van der Waals surface area contributed by atoms with Gasteiger partial charge in [-0.05, 0) is 79.8 Å². The molecule has 0 spiro atoms. The van der Waals surface area contributed by atoms with Crippen LogP contribution < -0.4 is 10.6 Å². The molecule has 3 heteroatoms. The lowest BCUT2D eigenvalue weighted by atomic mass is 9.84. The average Bonchev–Trinajstić information content (AvgIpc) is 2.66. The van der Waals surface area contributed by atoms with E-state index in [-0.39, 0.29) is 5.83 Å². The first-order valence-electron chi connectivity index (χ1n) is 8.59. The first kappa shape index (κ1) is 14.7. The molecule has 0 radical (unpaired) electrons. The number of nitrogens with one attached hydrogen (secondary N) is 2.